The number of allylic oxidation sites excluding steroid dienone is 1. The van der Waals surface area contributed by atoms with E-state index in [9.17, 15) is 0 Å². The van der Waals surface area contributed by atoms with Crippen LogP contribution in [0, 0.1) is 0 Å². The third-order valence-electron chi connectivity index (χ3n) is 10.9. The molecule has 1 aliphatic carbocycles. The van der Waals surface area contributed by atoms with Gasteiger partial charge in [-0.3, -0.25) is 0 Å². The Morgan fingerprint density at radius 3 is 1.96 bits per heavy atom. The minimum atomic E-state index is -2.10. The monoisotopic (exact) mass is 787 g/mol. The van der Waals surface area contributed by atoms with Crippen molar-refractivity contribution in [2.45, 2.75) is 45.7 Å². The van der Waals surface area contributed by atoms with Gasteiger partial charge in [0, 0.05) is 10.9 Å². The van der Waals surface area contributed by atoms with E-state index in [4.69, 9.17) is 11.6 Å². The van der Waals surface area contributed by atoms with Crippen LogP contribution in [0.15, 0.2) is 115 Å². The molecule has 7 aromatic rings. The molecule has 0 N–H and O–H groups in total. The van der Waals surface area contributed by atoms with Crippen molar-refractivity contribution >= 4 is 68.4 Å². The summed E-state index contributed by atoms with van der Waals surface area (Å²) >= 11 is 7.28. The Labute approximate surface area is 326 Å². The van der Waals surface area contributed by atoms with Crippen LogP contribution in [0.25, 0.3) is 60.6 Å². The van der Waals surface area contributed by atoms with Gasteiger partial charge in [0.05, 0.1) is 8.07 Å². The molecule has 2 bridgehead atoms. The van der Waals surface area contributed by atoms with Gasteiger partial charge in [-0.1, -0.05) is 158 Å². The molecule has 9 rings (SSSR count). The van der Waals surface area contributed by atoms with Crippen molar-refractivity contribution in [3.63, 3.8) is 0 Å². The van der Waals surface area contributed by atoms with E-state index in [-0.39, 0.29) is 56.9 Å². The molecule has 0 nitrogen and oxygen atoms in total. The van der Waals surface area contributed by atoms with Gasteiger partial charge < -0.3 is 24.8 Å². The quantitative estimate of drug-likeness (QED) is 0.160. The fourth-order valence-electron chi connectivity index (χ4n) is 9.05. The van der Waals surface area contributed by atoms with Gasteiger partial charge in [0.25, 0.3) is 0 Å². The first kappa shape index (κ1) is 36.0. The van der Waals surface area contributed by atoms with Gasteiger partial charge in [0.1, 0.15) is 0 Å². The molecule has 1 radical (unpaired) electrons. The fourth-order valence-corrected chi connectivity index (χ4v) is 13.4. The Balaban J connectivity index is 0.00000139. The largest absolute Gasteiger partial charge is 3.00 e. The fraction of sp³-hybridized carbons (Fsp3) is 0.159. The molecule has 1 atom stereocenters. The molecule has 0 saturated heterocycles. The van der Waals surface area contributed by atoms with Crippen molar-refractivity contribution in [3.8, 4) is 22.3 Å². The normalized spacial score (nSPS) is 15.3. The summed E-state index contributed by atoms with van der Waals surface area (Å²) in [5.74, 6) is 0.609. The summed E-state index contributed by atoms with van der Waals surface area (Å²) in [7, 11) is -2.10. The molecule has 5 heteroatoms. The number of benzene rings is 6. The topological polar surface area (TPSA) is 0 Å². The molecule has 1 heterocycles. The molecule has 1 aliphatic heterocycles. The zero-order valence-corrected chi connectivity index (χ0v) is 34.0. The van der Waals surface area contributed by atoms with E-state index in [1.807, 2.05) is 0 Å². The van der Waals surface area contributed by atoms with Gasteiger partial charge in [-0.15, -0.1) is 33.7 Å². The van der Waals surface area contributed by atoms with E-state index in [0.717, 1.165) is 5.02 Å². The van der Waals surface area contributed by atoms with Crippen LogP contribution in [-0.2, 0) is 26.2 Å². The Hall–Kier alpha value is -2.84. The summed E-state index contributed by atoms with van der Waals surface area (Å²) in [6, 6.07) is 40.6. The van der Waals surface area contributed by atoms with Crippen molar-refractivity contribution in [1.82, 2.24) is 0 Å². The van der Waals surface area contributed by atoms with E-state index in [1.54, 1.807) is 15.9 Å². The van der Waals surface area contributed by atoms with Crippen molar-refractivity contribution in [2.75, 3.05) is 0 Å². The van der Waals surface area contributed by atoms with Gasteiger partial charge in [0.2, 0.25) is 0 Å². The van der Waals surface area contributed by atoms with E-state index in [1.165, 1.54) is 76.8 Å². The van der Waals surface area contributed by atoms with Gasteiger partial charge in [-0.2, -0.15) is 0 Å². The summed E-state index contributed by atoms with van der Waals surface area (Å²) < 4.78 is 0. The second kappa shape index (κ2) is 13.0. The summed E-state index contributed by atoms with van der Waals surface area (Å²) in [6.07, 6.45) is 2.43. The van der Waals surface area contributed by atoms with Crippen LogP contribution in [0.1, 0.15) is 54.9 Å². The van der Waals surface area contributed by atoms with Gasteiger partial charge in [-0.25, -0.2) is 0 Å². The molecule has 7 aromatic carbocycles. The van der Waals surface area contributed by atoms with E-state index in [0.29, 0.717) is 5.92 Å². The number of hydrogen-bond donors (Lipinski definition) is 0. The molecular formula is C44H36Cl3SiZr. The second-order valence-corrected chi connectivity index (χ2v) is 18.9. The third kappa shape index (κ3) is 5.12. The predicted molar refractivity (Wildman–Crippen MR) is 203 cm³/mol. The Kier molecular flexibility index (Phi) is 9.58. The van der Waals surface area contributed by atoms with E-state index < -0.39 is 8.07 Å². The average molecular weight is 790 g/mol. The van der Waals surface area contributed by atoms with Gasteiger partial charge >= 0.3 is 26.2 Å². The maximum Gasteiger partial charge on any atom is 3.00 e. The molecule has 49 heavy (non-hydrogen) atoms. The zero-order chi connectivity index (χ0) is 31.5. The van der Waals surface area contributed by atoms with Gasteiger partial charge in [0.15, 0.2) is 0 Å². The molecule has 0 amide bonds. The van der Waals surface area contributed by atoms with Crippen LogP contribution in [-0.4, -0.2) is 8.07 Å². The first-order chi connectivity index (χ1) is 22.3. The smallest absolute Gasteiger partial charge is 1.00 e. The minimum Gasteiger partial charge on any atom is -1.00 e. The van der Waals surface area contributed by atoms with E-state index >= 15 is 0 Å². The summed E-state index contributed by atoms with van der Waals surface area (Å²) in [5, 5.41) is 12.2. The van der Waals surface area contributed by atoms with Crippen LogP contribution >= 0.6 is 11.6 Å². The zero-order valence-electron chi connectivity index (χ0n) is 28.3. The third-order valence-corrected chi connectivity index (χ3v) is 14.8. The maximum absolute atomic E-state index is 7.28. The molecule has 0 saturated carbocycles. The molecule has 0 fully saturated rings. The van der Waals surface area contributed by atoms with Crippen LogP contribution in [0.5, 0.6) is 0 Å². The van der Waals surface area contributed by atoms with Gasteiger partial charge in [-0.05, 0) is 68.3 Å². The molecule has 241 valence electrons. The Morgan fingerprint density at radius 1 is 0.714 bits per heavy atom. The van der Waals surface area contributed by atoms with Crippen LogP contribution in [0.2, 0.25) is 18.1 Å². The Bertz CT molecular complexity index is 2460. The standard InChI is InChI=1S/C44H36ClSi.2ClH.Zr/c1-25(2)35-23-29-24-37(44-42(40(29)43(35)46(44,4)5)34-19-11-15-28-13-7-9-17-31(28)34)39-26(3)22-36-33(20-21-38(45)41(36)39)32-18-10-14-27-12-6-8-16-30(27)32;;;/h6-25,39H,1-5H3;2*1H;/q-1;;;+3/p-2. The van der Waals surface area contributed by atoms with Crippen molar-refractivity contribution in [3.05, 3.63) is 142 Å². The first-order valence-electron chi connectivity index (χ1n) is 16.5. The number of fused-ring (bicyclic) bond motifs is 4. The first-order valence-corrected chi connectivity index (χ1v) is 19.9. The maximum atomic E-state index is 7.28. The summed E-state index contributed by atoms with van der Waals surface area (Å²) in [5.41, 5.74) is 12.3. The molecule has 0 aromatic heterocycles. The number of halogens is 3. The number of rotatable bonds is 4. The SMILES string of the molecule is CC1=Cc2c(-c3cccc4ccccc34)ccc(Cl)c2C1c1cc2[cH-]c(C(C)C)c3c2c(-c2cccc4ccccc24)c1[Si]3(C)C.[Cl-].[Cl-].[Zr+3]. The average Bonchev–Trinajstić information content (AvgIpc) is 3.67. The van der Waals surface area contributed by atoms with Crippen LogP contribution in [0.4, 0.5) is 0 Å². The minimum absolute atomic E-state index is 0. The van der Waals surface area contributed by atoms with Crippen molar-refractivity contribution < 1.29 is 51.0 Å². The van der Waals surface area contributed by atoms with Crippen LogP contribution in [0.3, 0.4) is 0 Å². The molecule has 2 aliphatic rings. The predicted octanol–water partition coefficient (Wildman–Crippen LogP) is 5.67. The summed E-state index contributed by atoms with van der Waals surface area (Å²) in [4.78, 5) is 0. The van der Waals surface area contributed by atoms with Crippen LogP contribution < -0.4 is 35.2 Å². The number of hydrogen-bond acceptors (Lipinski definition) is 0. The van der Waals surface area contributed by atoms with Crippen molar-refractivity contribution in [2.24, 2.45) is 0 Å². The molecule has 0 spiro atoms. The second-order valence-electron chi connectivity index (χ2n) is 14.2. The Morgan fingerprint density at radius 2 is 1.31 bits per heavy atom. The molecule has 1 unspecified atom stereocenters. The summed E-state index contributed by atoms with van der Waals surface area (Å²) in [6.45, 7) is 12.2. The molecular weight excluding hydrogens is 754 g/mol. The van der Waals surface area contributed by atoms with Crippen molar-refractivity contribution in [1.29, 1.82) is 0 Å². The van der Waals surface area contributed by atoms with E-state index in [2.05, 4.69) is 149 Å².